The number of aliphatic imine (C=N–C) groups is 1. The van der Waals surface area contributed by atoms with Gasteiger partial charge < -0.3 is 10.6 Å². The fourth-order valence-electron chi connectivity index (χ4n) is 1.79. The number of thiophene rings is 1. The summed E-state index contributed by atoms with van der Waals surface area (Å²) in [4.78, 5) is 5.64. The van der Waals surface area contributed by atoms with Gasteiger partial charge in [-0.3, -0.25) is 4.99 Å². The maximum absolute atomic E-state index is 4.24. The van der Waals surface area contributed by atoms with E-state index in [9.17, 15) is 0 Å². The van der Waals surface area contributed by atoms with Crippen LogP contribution in [-0.2, 0) is 13.0 Å². The lowest BCUT2D eigenvalue weighted by Gasteiger charge is -2.11. The summed E-state index contributed by atoms with van der Waals surface area (Å²) in [5.41, 5.74) is 1.25. The largest absolute Gasteiger partial charge is 0.356 e. The van der Waals surface area contributed by atoms with Crippen LogP contribution in [0.2, 0.25) is 0 Å². The molecule has 0 radical (unpaired) electrons. The van der Waals surface area contributed by atoms with E-state index in [1.807, 2.05) is 29.5 Å². The molecule has 0 aliphatic heterocycles. The lowest BCUT2D eigenvalue weighted by molar-refractivity contribution is 0.799. The zero-order valence-corrected chi connectivity index (χ0v) is 17.1. The molecule has 2 rings (SSSR count). The molecule has 0 fully saturated rings. The van der Waals surface area contributed by atoms with Crippen molar-refractivity contribution in [2.45, 2.75) is 13.0 Å². The molecule has 0 saturated carbocycles. The minimum absolute atomic E-state index is 0. The molecular formula is C15H19I2N3S. The molecule has 2 N–H and O–H groups in total. The van der Waals surface area contributed by atoms with Crippen LogP contribution in [0.4, 0.5) is 0 Å². The minimum atomic E-state index is 0. The number of guanidine groups is 1. The van der Waals surface area contributed by atoms with Crippen LogP contribution in [0.15, 0.2) is 47.5 Å². The van der Waals surface area contributed by atoms with Crippen molar-refractivity contribution in [1.29, 1.82) is 0 Å². The molecule has 1 heterocycles. The molecule has 1 aromatic heterocycles. The number of benzene rings is 1. The van der Waals surface area contributed by atoms with E-state index in [2.05, 4.69) is 62.5 Å². The molecule has 3 nitrogen and oxygen atoms in total. The third-order valence-electron chi connectivity index (χ3n) is 2.82. The second-order valence-electron chi connectivity index (χ2n) is 4.29. The molecule has 114 valence electrons. The minimum Gasteiger partial charge on any atom is -0.356 e. The zero-order chi connectivity index (χ0) is 14.2. The first-order valence-electron chi connectivity index (χ1n) is 6.50. The van der Waals surface area contributed by atoms with Crippen LogP contribution >= 0.6 is 57.9 Å². The highest BCUT2D eigenvalue weighted by molar-refractivity contribution is 14.1. The van der Waals surface area contributed by atoms with E-state index < -0.39 is 0 Å². The topological polar surface area (TPSA) is 36.4 Å². The smallest absolute Gasteiger partial charge is 0.191 e. The van der Waals surface area contributed by atoms with E-state index in [-0.39, 0.29) is 24.0 Å². The van der Waals surface area contributed by atoms with Crippen LogP contribution in [0, 0.1) is 2.88 Å². The summed E-state index contributed by atoms with van der Waals surface area (Å²) in [6.07, 6.45) is 1.03. The van der Waals surface area contributed by atoms with Gasteiger partial charge in [0.1, 0.15) is 0 Å². The van der Waals surface area contributed by atoms with Gasteiger partial charge in [0.15, 0.2) is 5.96 Å². The van der Waals surface area contributed by atoms with Gasteiger partial charge in [-0.1, -0.05) is 30.3 Å². The van der Waals surface area contributed by atoms with Crippen molar-refractivity contribution < 1.29 is 0 Å². The lowest BCUT2D eigenvalue weighted by Crippen LogP contribution is -2.37. The Labute approximate surface area is 160 Å². The molecule has 0 saturated heterocycles. The van der Waals surface area contributed by atoms with Gasteiger partial charge in [0, 0.05) is 25.0 Å². The predicted octanol–water partition coefficient (Wildman–Crippen LogP) is 3.88. The predicted molar refractivity (Wildman–Crippen MR) is 111 cm³/mol. The normalized spacial score (nSPS) is 10.9. The van der Waals surface area contributed by atoms with E-state index in [1.165, 1.54) is 13.3 Å². The van der Waals surface area contributed by atoms with E-state index in [4.69, 9.17) is 0 Å². The number of nitrogens with zero attached hydrogens (tertiary/aromatic N) is 1. The Kier molecular flexibility index (Phi) is 9.25. The van der Waals surface area contributed by atoms with E-state index in [0.29, 0.717) is 0 Å². The molecule has 0 atom stereocenters. The number of nitrogens with one attached hydrogen (secondary N) is 2. The first kappa shape index (κ1) is 18.7. The summed E-state index contributed by atoms with van der Waals surface area (Å²) in [6.45, 7) is 1.68. The second kappa shape index (κ2) is 10.4. The van der Waals surface area contributed by atoms with Crippen molar-refractivity contribution >= 4 is 63.9 Å². The van der Waals surface area contributed by atoms with E-state index >= 15 is 0 Å². The van der Waals surface area contributed by atoms with Crippen molar-refractivity contribution in [3.8, 4) is 0 Å². The van der Waals surface area contributed by atoms with Crippen LogP contribution in [0.1, 0.15) is 10.4 Å². The molecule has 6 heteroatoms. The maximum atomic E-state index is 4.24. The standard InChI is InChI=1S/C15H18IN3S.HI/c1-17-15(19-11-12-5-3-2-4-6-12)18-10-9-13-7-8-14(16)20-13;/h2-8H,9-11H2,1H3,(H2,17,18,19);1H. The van der Waals surface area contributed by atoms with Crippen LogP contribution < -0.4 is 10.6 Å². The Hall–Kier alpha value is -0.350. The molecule has 0 spiro atoms. The van der Waals surface area contributed by atoms with Crippen molar-refractivity contribution in [1.82, 2.24) is 10.6 Å². The van der Waals surface area contributed by atoms with Crippen LogP contribution in [0.25, 0.3) is 0 Å². The average Bonchev–Trinajstić information content (AvgIpc) is 2.89. The zero-order valence-electron chi connectivity index (χ0n) is 11.8. The third-order valence-corrected chi connectivity index (χ3v) is 4.77. The Balaban J connectivity index is 0.00000220. The SMILES string of the molecule is CN=C(NCCc1ccc(I)s1)NCc1ccccc1.I. The van der Waals surface area contributed by atoms with Gasteiger partial charge in [-0.05, 0) is 46.7 Å². The van der Waals surface area contributed by atoms with E-state index in [1.54, 1.807) is 7.05 Å². The average molecular weight is 527 g/mol. The molecule has 21 heavy (non-hydrogen) atoms. The maximum Gasteiger partial charge on any atom is 0.191 e. The van der Waals surface area contributed by atoms with Gasteiger partial charge in [0.25, 0.3) is 0 Å². The monoisotopic (exact) mass is 527 g/mol. The summed E-state index contributed by atoms with van der Waals surface area (Å²) in [5, 5.41) is 6.66. The van der Waals surface area contributed by atoms with E-state index in [0.717, 1.165) is 25.5 Å². The Bertz CT molecular complexity index is 555. The Morgan fingerprint density at radius 1 is 1.14 bits per heavy atom. The highest BCUT2D eigenvalue weighted by Crippen LogP contribution is 2.18. The molecule has 0 amide bonds. The summed E-state index contributed by atoms with van der Waals surface area (Å²) in [7, 11) is 1.80. The van der Waals surface area contributed by atoms with Gasteiger partial charge in [0.05, 0.1) is 2.88 Å². The highest BCUT2D eigenvalue weighted by Gasteiger charge is 2.00. The Morgan fingerprint density at radius 2 is 1.90 bits per heavy atom. The summed E-state index contributed by atoms with van der Waals surface area (Å²) < 4.78 is 1.34. The number of rotatable bonds is 5. The fraction of sp³-hybridized carbons (Fsp3) is 0.267. The molecule has 0 aliphatic carbocycles. The summed E-state index contributed by atoms with van der Waals surface area (Å²) in [6, 6.07) is 14.7. The number of halogens is 2. The van der Waals surface area contributed by atoms with Gasteiger partial charge in [-0.15, -0.1) is 35.3 Å². The molecule has 0 bridgehead atoms. The number of hydrogen-bond acceptors (Lipinski definition) is 2. The van der Waals surface area contributed by atoms with Crippen molar-refractivity contribution in [2.75, 3.05) is 13.6 Å². The quantitative estimate of drug-likeness (QED) is 0.352. The highest BCUT2D eigenvalue weighted by atomic mass is 127. The van der Waals surface area contributed by atoms with Crippen molar-refractivity contribution in [2.24, 2.45) is 4.99 Å². The third kappa shape index (κ3) is 6.96. The van der Waals surface area contributed by atoms with Gasteiger partial charge >= 0.3 is 0 Å². The van der Waals surface area contributed by atoms with Gasteiger partial charge in [0.2, 0.25) is 0 Å². The first-order chi connectivity index (χ1) is 9.78. The second-order valence-corrected chi connectivity index (χ2v) is 7.36. The molecule has 1 aromatic carbocycles. The summed E-state index contributed by atoms with van der Waals surface area (Å²) in [5.74, 6) is 0.847. The van der Waals surface area contributed by atoms with Gasteiger partial charge in [-0.25, -0.2) is 0 Å². The summed E-state index contributed by atoms with van der Waals surface area (Å²) >= 11 is 4.20. The first-order valence-corrected chi connectivity index (χ1v) is 8.40. The van der Waals surface area contributed by atoms with Crippen molar-refractivity contribution in [3.63, 3.8) is 0 Å². The van der Waals surface area contributed by atoms with Crippen LogP contribution in [0.5, 0.6) is 0 Å². The van der Waals surface area contributed by atoms with Crippen LogP contribution in [-0.4, -0.2) is 19.6 Å². The Morgan fingerprint density at radius 3 is 2.52 bits per heavy atom. The molecule has 0 unspecified atom stereocenters. The van der Waals surface area contributed by atoms with Crippen molar-refractivity contribution in [3.05, 3.63) is 55.8 Å². The fourth-order valence-corrected chi connectivity index (χ4v) is 3.55. The van der Waals surface area contributed by atoms with Crippen LogP contribution in [0.3, 0.4) is 0 Å². The molecule has 0 aliphatic rings. The lowest BCUT2D eigenvalue weighted by atomic mass is 10.2. The molecule has 2 aromatic rings. The van der Waals surface area contributed by atoms with Gasteiger partial charge in [-0.2, -0.15) is 0 Å². The molecular weight excluding hydrogens is 508 g/mol. The number of hydrogen-bond donors (Lipinski definition) is 2.